The van der Waals surface area contributed by atoms with Crippen molar-refractivity contribution in [3.63, 3.8) is 0 Å². The van der Waals surface area contributed by atoms with Crippen LogP contribution in [0.2, 0.25) is 0 Å². The number of hydrogen-bond acceptors (Lipinski definition) is 3. The minimum atomic E-state index is -1.57. The molecule has 0 atom stereocenters. The second-order valence-electron chi connectivity index (χ2n) is 1.87. The van der Waals surface area contributed by atoms with E-state index in [1.807, 2.05) is 0 Å². The van der Waals surface area contributed by atoms with Crippen molar-refractivity contribution in [1.82, 2.24) is 0 Å². The third kappa shape index (κ3) is 1.85. The highest BCUT2D eigenvalue weighted by molar-refractivity contribution is 6.64. The lowest BCUT2D eigenvalue weighted by Crippen LogP contribution is -2.33. The molecular weight excluding hydrogens is 178 g/mol. The summed E-state index contributed by atoms with van der Waals surface area (Å²) in [7, 11) is -1.57. The van der Waals surface area contributed by atoms with Crippen LogP contribution in [0.15, 0.2) is 24.2 Å². The molecule has 5 heteroatoms. The maximum absolute atomic E-state index is 10.8. The van der Waals surface area contributed by atoms with E-state index < -0.39 is 31.3 Å². The van der Waals surface area contributed by atoms with Crippen LogP contribution in [-0.2, 0) is 4.21 Å². The van der Waals surface area contributed by atoms with E-state index in [0.717, 1.165) is 0 Å². The van der Waals surface area contributed by atoms with Crippen LogP contribution in [0.5, 0.6) is 0 Å². The molecule has 3 nitrogen and oxygen atoms in total. The smallest absolute Gasteiger partial charge is 0.422 e. The number of rotatable bonds is 4. The molecule has 12 heavy (non-hydrogen) atoms. The molecule has 1 N–H and O–H groups in total. The molecule has 0 bridgehead atoms. The van der Waals surface area contributed by atoms with E-state index in [1.165, 1.54) is 0 Å². The van der Waals surface area contributed by atoms with Crippen LogP contribution < -0.4 is 5.46 Å². The van der Waals surface area contributed by atoms with Crippen LogP contribution in [0.4, 0.5) is 0 Å². The van der Waals surface area contributed by atoms with Crippen molar-refractivity contribution in [3.05, 3.63) is 29.7 Å². The lowest BCUT2D eigenvalue weighted by Gasteiger charge is -2.03. The molecule has 0 spiro atoms. The van der Waals surface area contributed by atoms with Gasteiger partial charge in [-0.05, 0) is 5.46 Å². The SMILES string of the molecule is [2H]OB(OCl)c1c([2H])c([2H])c([2H])c([2H])c1C=O. The van der Waals surface area contributed by atoms with Crippen molar-refractivity contribution < 1.29 is 19.5 Å². The van der Waals surface area contributed by atoms with Crippen molar-refractivity contribution in [2.75, 3.05) is 0 Å². The summed E-state index contributed by atoms with van der Waals surface area (Å²) in [5.41, 5.74) is -0.662. The van der Waals surface area contributed by atoms with Gasteiger partial charge >= 0.3 is 7.12 Å². The standard InChI is InChI=1S/C7H6BClO3/c9-12-8(11)7-4-2-1-3-6(7)5-10/h1-5,11H/i1D,2D,3D,4D,11D. The van der Waals surface area contributed by atoms with Gasteiger partial charge in [-0.2, -0.15) is 0 Å². The summed E-state index contributed by atoms with van der Waals surface area (Å²) in [6, 6.07) is -2.19. The normalized spacial score (nSPS) is 15.2. The Labute approximate surface area is 82.3 Å². The second kappa shape index (κ2) is 4.26. The van der Waals surface area contributed by atoms with Crippen molar-refractivity contribution in [1.29, 1.82) is 1.43 Å². The summed E-state index contributed by atoms with van der Waals surface area (Å²) in [4.78, 5) is 10.8. The van der Waals surface area contributed by atoms with Gasteiger partial charge in [0.25, 0.3) is 0 Å². The Morgan fingerprint density at radius 3 is 3.08 bits per heavy atom. The van der Waals surface area contributed by atoms with Gasteiger partial charge in [0.2, 0.25) is 0 Å². The Balaban J connectivity index is 3.62. The monoisotopic (exact) mass is 189 g/mol. The molecule has 0 unspecified atom stereocenters. The van der Waals surface area contributed by atoms with Crippen molar-refractivity contribution in [2.45, 2.75) is 0 Å². The maximum Gasteiger partial charge on any atom is 0.508 e. The molecule has 62 valence electrons. The van der Waals surface area contributed by atoms with Gasteiger partial charge in [-0.3, -0.25) is 4.79 Å². The zero-order valence-corrected chi connectivity index (χ0v) is 6.51. The van der Waals surface area contributed by atoms with Gasteiger partial charge in [0.05, 0.1) is 5.48 Å². The number of halogens is 1. The Morgan fingerprint density at radius 1 is 1.75 bits per heavy atom. The predicted molar refractivity (Wildman–Crippen MR) is 46.4 cm³/mol. The van der Waals surface area contributed by atoms with Gasteiger partial charge in [-0.1, -0.05) is 24.2 Å². The first kappa shape index (κ1) is 4.41. The Morgan fingerprint density at radius 2 is 2.50 bits per heavy atom. The lowest BCUT2D eigenvalue weighted by molar-refractivity contribution is 0.112. The molecule has 0 radical (unpaired) electrons. The number of benzene rings is 1. The molecular formula is C7H6BClO3. The third-order valence-electron chi connectivity index (χ3n) is 1.18. The predicted octanol–water partition coefficient (Wildman–Crippen LogP) is 0.357. The topological polar surface area (TPSA) is 46.5 Å². The van der Waals surface area contributed by atoms with Crippen molar-refractivity contribution in [2.24, 2.45) is 0 Å². The number of carbonyl (C=O) groups is 1. The van der Waals surface area contributed by atoms with Gasteiger partial charge in [-0.15, -0.1) is 0 Å². The minimum Gasteiger partial charge on any atom is -0.422 e. The van der Waals surface area contributed by atoms with Crippen LogP contribution in [-0.4, -0.2) is 19.9 Å². The number of aldehydes is 1. The first-order valence-corrected chi connectivity index (χ1v) is 3.25. The second-order valence-corrected chi connectivity index (χ2v) is 2.04. The van der Waals surface area contributed by atoms with Crippen LogP contribution in [0, 0.1) is 0 Å². The van der Waals surface area contributed by atoms with E-state index in [-0.39, 0.29) is 17.3 Å². The summed E-state index contributed by atoms with van der Waals surface area (Å²) in [5.74, 6) is 0. The summed E-state index contributed by atoms with van der Waals surface area (Å²) < 4.78 is 40.7. The van der Waals surface area contributed by atoms with Crippen LogP contribution in [0.3, 0.4) is 0 Å². The highest BCUT2D eigenvalue weighted by atomic mass is 35.5. The van der Waals surface area contributed by atoms with Crippen molar-refractivity contribution in [3.8, 4) is 0 Å². The van der Waals surface area contributed by atoms with Crippen molar-refractivity contribution >= 4 is 30.7 Å². The highest BCUT2D eigenvalue weighted by Gasteiger charge is 2.18. The van der Waals surface area contributed by atoms with Crippen LogP contribution in [0.25, 0.3) is 0 Å². The van der Waals surface area contributed by atoms with Gasteiger partial charge in [0.1, 0.15) is 6.29 Å². The first-order valence-electron chi connectivity index (χ1n) is 5.35. The average molecular weight is 189 g/mol. The zero-order chi connectivity index (χ0) is 13.2. The van der Waals surface area contributed by atoms with Gasteiger partial charge < -0.3 is 9.23 Å². The summed E-state index contributed by atoms with van der Waals surface area (Å²) in [6.07, 6.45) is 0.231. The number of carbonyl (C=O) groups excluding carboxylic acids is 1. The molecule has 0 saturated carbocycles. The fraction of sp³-hybridized carbons (Fsp3) is 0. The van der Waals surface area contributed by atoms with E-state index in [0.29, 0.717) is 0 Å². The molecule has 0 aliphatic rings. The Bertz CT molecular complexity index is 454. The van der Waals surface area contributed by atoms with Gasteiger partial charge in [0.15, 0.2) is 1.43 Å². The molecule has 1 rings (SSSR count). The summed E-state index contributed by atoms with van der Waals surface area (Å²) >= 11 is 5.03. The third-order valence-corrected chi connectivity index (χ3v) is 1.34. The van der Waals surface area contributed by atoms with E-state index in [1.54, 1.807) is 0 Å². The molecule has 0 heterocycles. The van der Waals surface area contributed by atoms with E-state index in [9.17, 15) is 4.79 Å². The zero-order valence-electron chi connectivity index (χ0n) is 10.8. The molecule has 0 aliphatic carbocycles. The largest absolute Gasteiger partial charge is 0.508 e. The average Bonchev–Trinajstić information content (AvgIpc) is 2.34. The molecule has 0 aliphatic heterocycles. The number of hydrogen-bond donors (Lipinski definition) is 1. The van der Waals surface area contributed by atoms with E-state index >= 15 is 0 Å². The molecule has 1 aromatic rings. The molecule has 0 saturated heterocycles. The fourth-order valence-electron chi connectivity index (χ4n) is 0.655. The van der Waals surface area contributed by atoms with E-state index in [4.69, 9.17) is 18.8 Å². The molecule has 0 fully saturated rings. The highest BCUT2D eigenvalue weighted by Crippen LogP contribution is 1.96. The van der Waals surface area contributed by atoms with E-state index in [2.05, 4.69) is 9.23 Å². The fourth-order valence-corrected chi connectivity index (χ4v) is 0.744. The Kier molecular flexibility index (Phi) is 1.57. The molecule has 0 amide bonds. The summed E-state index contributed by atoms with van der Waals surface area (Å²) in [5, 5.41) is 4.05. The quantitative estimate of drug-likeness (QED) is 0.549. The Hall–Kier alpha value is -0.835. The summed E-state index contributed by atoms with van der Waals surface area (Å²) in [6.45, 7) is 0. The van der Waals surface area contributed by atoms with Crippen LogP contribution >= 0.6 is 11.9 Å². The maximum atomic E-state index is 10.8. The molecule has 1 aromatic carbocycles. The van der Waals surface area contributed by atoms with Gasteiger partial charge in [-0.25, -0.2) is 0 Å². The minimum absolute atomic E-state index is 0.231. The van der Waals surface area contributed by atoms with Crippen LogP contribution in [0.1, 0.15) is 15.8 Å². The lowest BCUT2D eigenvalue weighted by atomic mass is 9.77. The first-order chi connectivity index (χ1) is 7.99. The van der Waals surface area contributed by atoms with Gasteiger partial charge in [0, 0.05) is 17.4 Å². The molecule has 0 aromatic heterocycles.